The molecule has 0 aromatic carbocycles. The molecule has 0 aliphatic carbocycles. The molecule has 0 heterocycles. The highest BCUT2D eigenvalue weighted by molar-refractivity contribution is 7.85. The van der Waals surface area contributed by atoms with E-state index >= 15 is 0 Å². The molecule has 0 fully saturated rings. The van der Waals surface area contributed by atoms with Gasteiger partial charge in [-0.05, 0) is 19.8 Å². The summed E-state index contributed by atoms with van der Waals surface area (Å²) < 4.78 is 33.4. The molecule has 7 heteroatoms. The van der Waals surface area contributed by atoms with Gasteiger partial charge in [0.05, 0.1) is 0 Å². The SMILES string of the molecule is CC(=O)CCCCCCCCCC(=O)OCS(=O)(=O)O. The maximum Gasteiger partial charge on any atom is 0.306 e. The van der Waals surface area contributed by atoms with Gasteiger partial charge < -0.3 is 9.53 Å². The fraction of sp³-hybridized carbons (Fsp3) is 0.846. The number of hydrogen-bond donors (Lipinski definition) is 1. The number of ether oxygens (including phenoxy) is 1. The lowest BCUT2D eigenvalue weighted by Gasteiger charge is -2.03. The minimum absolute atomic E-state index is 0.167. The first-order chi connectivity index (χ1) is 9.31. The van der Waals surface area contributed by atoms with Crippen molar-refractivity contribution < 1.29 is 27.3 Å². The van der Waals surface area contributed by atoms with Gasteiger partial charge in [-0.15, -0.1) is 0 Å². The standard InChI is InChI=1S/C13H24O6S/c1-12(14)9-7-5-3-2-4-6-8-10-13(15)19-11-20(16,17)18/h2-11H2,1H3,(H,16,17,18). The molecule has 0 saturated heterocycles. The van der Waals surface area contributed by atoms with Crippen LogP contribution in [0.1, 0.15) is 64.7 Å². The van der Waals surface area contributed by atoms with E-state index < -0.39 is 22.0 Å². The Hall–Kier alpha value is -0.950. The molecule has 0 bridgehead atoms. The van der Waals surface area contributed by atoms with Crippen molar-refractivity contribution in [3.05, 3.63) is 0 Å². The Morgan fingerprint density at radius 2 is 1.35 bits per heavy atom. The van der Waals surface area contributed by atoms with Gasteiger partial charge in [-0.25, -0.2) is 0 Å². The third-order valence-corrected chi connectivity index (χ3v) is 3.19. The van der Waals surface area contributed by atoms with Gasteiger partial charge in [0.15, 0.2) is 0 Å². The van der Waals surface area contributed by atoms with Crippen molar-refractivity contribution in [1.29, 1.82) is 0 Å². The average molecular weight is 308 g/mol. The molecule has 0 radical (unpaired) electrons. The van der Waals surface area contributed by atoms with Crippen LogP contribution in [-0.2, 0) is 24.4 Å². The van der Waals surface area contributed by atoms with Gasteiger partial charge in [-0.1, -0.05) is 32.1 Å². The second kappa shape index (κ2) is 10.8. The van der Waals surface area contributed by atoms with Crippen LogP contribution in [0.5, 0.6) is 0 Å². The highest BCUT2D eigenvalue weighted by atomic mass is 32.2. The smallest absolute Gasteiger partial charge is 0.306 e. The fourth-order valence-corrected chi connectivity index (χ4v) is 2.02. The summed E-state index contributed by atoms with van der Waals surface area (Å²) in [5, 5.41) is 0. The van der Waals surface area contributed by atoms with Crippen LogP contribution in [0.4, 0.5) is 0 Å². The average Bonchev–Trinajstić information content (AvgIpc) is 2.33. The van der Waals surface area contributed by atoms with Gasteiger partial charge in [0.2, 0.25) is 5.94 Å². The van der Waals surface area contributed by atoms with Crippen LogP contribution in [-0.4, -0.2) is 30.7 Å². The Balaban J connectivity index is 3.31. The minimum Gasteiger partial charge on any atom is -0.447 e. The molecule has 0 atom stereocenters. The van der Waals surface area contributed by atoms with E-state index in [1.807, 2.05) is 0 Å². The Morgan fingerprint density at radius 3 is 1.80 bits per heavy atom. The van der Waals surface area contributed by atoms with Crippen molar-refractivity contribution in [2.24, 2.45) is 0 Å². The van der Waals surface area contributed by atoms with Gasteiger partial charge in [0.25, 0.3) is 0 Å². The lowest BCUT2D eigenvalue weighted by molar-refractivity contribution is -0.141. The van der Waals surface area contributed by atoms with Crippen LogP contribution in [0.15, 0.2) is 0 Å². The van der Waals surface area contributed by atoms with Gasteiger partial charge in [0, 0.05) is 12.8 Å². The molecule has 0 spiro atoms. The van der Waals surface area contributed by atoms with E-state index in [1.54, 1.807) is 6.92 Å². The largest absolute Gasteiger partial charge is 0.447 e. The second-order valence-electron chi connectivity index (χ2n) is 4.89. The fourth-order valence-electron chi connectivity index (χ4n) is 1.74. The van der Waals surface area contributed by atoms with Crippen LogP contribution < -0.4 is 0 Å². The predicted octanol–water partition coefficient (Wildman–Crippen LogP) is 2.47. The summed E-state index contributed by atoms with van der Waals surface area (Å²) in [5.41, 5.74) is 0. The maximum atomic E-state index is 11.1. The second-order valence-corrected chi connectivity index (χ2v) is 6.29. The predicted molar refractivity (Wildman–Crippen MR) is 74.7 cm³/mol. The van der Waals surface area contributed by atoms with Crippen molar-refractivity contribution in [2.45, 2.75) is 64.7 Å². The van der Waals surface area contributed by atoms with Crippen molar-refractivity contribution in [2.75, 3.05) is 5.94 Å². The normalized spacial score (nSPS) is 11.3. The summed E-state index contributed by atoms with van der Waals surface area (Å²) in [6.07, 6.45) is 7.50. The number of unbranched alkanes of at least 4 members (excludes halogenated alkanes) is 6. The Bertz CT molecular complexity index is 388. The zero-order valence-electron chi connectivity index (χ0n) is 12.0. The Kier molecular flexibility index (Phi) is 10.3. The molecule has 0 unspecified atom stereocenters. The quantitative estimate of drug-likeness (QED) is 0.338. The van der Waals surface area contributed by atoms with E-state index in [9.17, 15) is 18.0 Å². The molecule has 0 saturated carbocycles. The van der Waals surface area contributed by atoms with E-state index in [4.69, 9.17) is 4.55 Å². The number of hydrogen-bond acceptors (Lipinski definition) is 5. The molecule has 1 N–H and O–H groups in total. The first-order valence-electron chi connectivity index (χ1n) is 6.91. The first kappa shape index (κ1) is 19.1. The summed E-state index contributed by atoms with van der Waals surface area (Å²) in [5.74, 6) is -1.35. The van der Waals surface area contributed by atoms with Crippen molar-refractivity contribution in [3.8, 4) is 0 Å². The number of ketones is 1. The van der Waals surface area contributed by atoms with E-state index in [-0.39, 0.29) is 12.2 Å². The molecule has 0 rings (SSSR count). The van der Waals surface area contributed by atoms with E-state index in [0.717, 1.165) is 38.5 Å². The molecule has 0 aromatic rings. The zero-order valence-corrected chi connectivity index (χ0v) is 12.8. The molecule has 0 amide bonds. The molecular formula is C13H24O6S. The van der Waals surface area contributed by atoms with E-state index in [1.165, 1.54) is 0 Å². The summed E-state index contributed by atoms with van der Waals surface area (Å²) in [4.78, 5) is 21.8. The summed E-state index contributed by atoms with van der Waals surface area (Å²) in [6, 6.07) is 0. The van der Waals surface area contributed by atoms with Gasteiger partial charge in [0.1, 0.15) is 5.78 Å². The van der Waals surface area contributed by atoms with Crippen LogP contribution >= 0.6 is 0 Å². The van der Waals surface area contributed by atoms with Crippen LogP contribution in [0.2, 0.25) is 0 Å². The van der Waals surface area contributed by atoms with Crippen LogP contribution in [0.25, 0.3) is 0 Å². The lowest BCUT2D eigenvalue weighted by Crippen LogP contribution is -2.13. The third kappa shape index (κ3) is 15.1. The van der Waals surface area contributed by atoms with Crippen molar-refractivity contribution in [3.63, 3.8) is 0 Å². The molecule has 0 aliphatic heterocycles. The number of carbonyl (C=O) groups is 2. The Labute approximate surface area is 120 Å². The highest BCUT2D eigenvalue weighted by Gasteiger charge is 2.09. The van der Waals surface area contributed by atoms with Crippen LogP contribution in [0, 0.1) is 0 Å². The molecule has 118 valence electrons. The topological polar surface area (TPSA) is 97.7 Å². The summed E-state index contributed by atoms with van der Waals surface area (Å²) >= 11 is 0. The van der Waals surface area contributed by atoms with Gasteiger partial charge >= 0.3 is 16.1 Å². The number of rotatable bonds is 12. The molecular weight excluding hydrogens is 284 g/mol. The number of Topliss-reactive ketones (excluding diaryl/α,β-unsaturated/α-hetero) is 1. The van der Waals surface area contributed by atoms with Crippen LogP contribution in [0.3, 0.4) is 0 Å². The monoisotopic (exact) mass is 308 g/mol. The molecule has 20 heavy (non-hydrogen) atoms. The minimum atomic E-state index is -4.24. The van der Waals surface area contributed by atoms with E-state index in [2.05, 4.69) is 4.74 Å². The lowest BCUT2D eigenvalue weighted by atomic mass is 10.1. The van der Waals surface area contributed by atoms with Gasteiger partial charge in [-0.2, -0.15) is 8.42 Å². The van der Waals surface area contributed by atoms with E-state index in [0.29, 0.717) is 12.8 Å². The van der Waals surface area contributed by atoms with Crippen molar-refractivity contribution in [1.82, 2.24) is 0 Å². The van der Waals surface area contributed by atoms with Crippen molar-refractivity contribution >= 4 is 21.9 Å². The maximum absolute atomic E-state index is 11.1. The number of esters is 1. The third-order valence-electron chi connectivity index (χ3n) is 2.78. The molecule has 0 aromatic heterocycles. The van der Waals surface area contributed by atoms with Gasteiger partial charge in [-0.3, -0.25) is 9.35 Å². The first-order valence-corrected chi connectivity index (χ1v) is 8.52. The Morgan fingerprint density at radius 1 is 0.900 bits per heavy atom. The summed E-state index contributed by atoms with van der Waals surface area (Å²) in [7, 11) is -4.24. The molecule has 0 aliphatic rings. The summed E-state index contributed by atoms with van der Waals surface area (Å²) in [6.45, 7) is 1.60. The number of carbonyl (C=O) groups excluding carboxylic acids is 2. The zero-order chi connectivity index (χ0) is 15.4. The molecule has 6 nitrogen and oxygen atoms in total. The highest BCUT2D eigenvalue weighted by Crippen LogP contribution is 2.10.